The summed E-state index contributed by atoms with van der Waals surface area (Å²) in [5.41, 5.74) is 1.77. The van der Waals surface area contributed by atoms with Gasteiger partial charge in [0.05, 0.1) is 6.61 Å². The Balaban J connectivity index is 1.69. The minimum absolute atomic E-state index is 0.143. The van der Waals surface area contributed by atoms with Gasteiger partial charge in [-0.1, -0.05) is 29.8 Å². The fraction of sp³-hybridized carbons (Fsp3) is 0.222. The van der Waals surface area contributed by atoms with Crippen LogP contribution in [0.4, 0.5) is 5.69 Å². The van der Waals surface area contributed by atoms with E-state index in [2.05, 4.69) is 10.6 Å². The van der Waals surface area contributed by atoms with Crippen LogP contribution in [0.5, 0.6) is 5.75 Å². The number of thiocarbonyl (C=S) groups is 1. The first-order valence-corrected chi connectivity index (χ1v) is 8.38. The quantitative estimate of drug-likeness (QED) is 0.593. The van der Waals surface area contributed by atoms with E-state index in [9.17, 15) is 4.79 Å². The Bertz CT molecular complexity index is 707. The molecular formula is C18H19ClN2O2S. The lowest BCUT2D eigenvalue weighted by molar-refractivity contribution is -0.119. The molecule has 2 N–H and O–H groups in total. The van der Waals surface area contributed by atoms with Gasteiger partial charge in [-0.25, -0.2) is 0 Å². The molecule has 0 radical (unpaired) electrons. The van der Waals surface area contributed by atoms with Gasteiger partial charge >= 0.3 is 0 Å². The lowest BCUT2D eigenvalue weighted by Crippen LogP contribution is -2.34. The first-order valence-electron chi connectivity index (χ1n) is 7.59. The number of hydrogen-bond acceptors (Lipinski definition) is 3. The number of nitrogens with one attached hydrogen (secondary N) is 2. The van der Waals surface area contributed by atoms with Crippen LogP contribution in [0.15, 0.2) is 48.5 Å². The lowest BCUT2D eigenvalue weighted by Gasteiger charge is -2.12. The van der Waals surface area contributed by atoms with Gasteiger partial charge in [0.2, 0.25) is 5.91 Å². The monoisotopic (exact) mass is 362 g/mol. The molecule has 0 fully saturated rings. The van der Waals surface area contributed by atoms with Crippen molar-refractivity contribution in [3.8, 4) is 5.75 Å². The summed E-state index contributed by atoms with van der Waals surface area (Å²) in [5, 5.41) is 6.59. The topological polar surface area (TPSA) is 50.4 Å². The molecule has 1 amide bonds. The third kappa shape index (κ3) is 6.18. The molecule has 0 unspecified atom stereocenters. The predicted octanol–water partition coefficient (Wildman–Crippen LogP) is 4.32. The van der Waals surface area contributed by atoms with Crippen molar-refractivity contribution >= 4 is 40.5 Å². The van der Waals surface area contributed by atoms with E-state index in [1.807, 2.05) is 49.4 Å². The van der Waals surface area contributed by atoms with Crippen LogP contribution in [0.1, 0.15) is 18.4 Å². The second-order valence-electron chi connectivity index (χ2n) is 5.23. The standard InChI is InChI=1S/C18H19ClN2O2S/c1-13-12-14(19)9-10-16(13)20-18(24)21-17(22)8-5-11-23-15-6-3-2-4-7-15/h2-4,6-7,9-10,12H,5,8,11H2,1H3,(H2,20,21,22,24). The van der Waals surface area contributed by atoms with Crippen molar-refractivity contribution in [2.75, 3.05) is 11.9 Å². The molecule has 0 heterocycles. The average Bonchev–Trinajstić information content (AvgIpc) is 2.55. The summed E-state index contributed by atoms with van der Waals surface area (Å²) < 4.78 is 5.54. The number of aryl methyl sites for hydroxylation is 1. The fourth-order valence-electron chi connectivity index (χ4n) is 2.05. The zero-order valence-electron chi connectivity index (χ0n) is 13.3. The maximum absolute atomic E-state index is 11.9. The van der Waals surface area contributed by atoms with Crippen molar-refractivity contribution in [3.05, 3.63) is 59.1 Å². The summed E-state index contributed by atoms with van der Waals surface area (Å²) in [6, 6.07) is 14.9. The molecule has 0 bridgehead atoms. The van der Waals surface area contributed by atoms with E-state index in [-0.39, 0.29) is 11.0 Å². The number of anilines is 1. The van der Waals surface area contributed by atoms with Crippen LogP contribution in [-0.2, 0) is 4.79 Å². The smallest absolute Gasteiger partial charge is 0.226 e. The van der Waals surface area contributed by atoms with E-state index in [0.29, 0.717) is 24.5 Å². The first-order chi connectivity index (χ1) is 11.5. The van der Waals surface area contributed by atoms with Crippen LogP contribution in [0.3, 0.4) is 0 Å². The van der Waals surface area contributed by atoms with Gasteiger partial charge in [-0.15, -0.1) is 0 Å². The number of halogens is 1. The molecule has 0 aliphatic heterocycles. The number of ether oxygens (including phenoxy) is 1. The van der Waals surface area contributed by atoms with E-state index in [1.165, 1.54) is 0 Å². The van der Waals surface area contributed by atoms with Crippen molar-refractivity contribution in [3.63, 3.8) is 0 Å². The summed E-state index contributed by atoms with van der Waals surface area (Å²) in [5.74, 6) is 0.657. The Labute approximate surface area is 152 Å². The van der Waals surface area contributed by atoms with Gasteiger partial charge in [0.1, 0.15) is 5.75 Å². The van der Waals surface area contributed by atoms with Crippen LogP contribution >= 0.6 is 23.8 Å². The molecule has 0 saturated carbocycles. The largest absolute Gasteiger partial charge is 0.494 e. The lowest BCUT2D eigenvalue weighted by atomic mass is 10.2. The number of rotatable bonds is 6. The average molecular weight is 363 g/mol. The fourth-order valence-corrected chi connectivity index (χ4v) is 2.50. The van der Waals surface area contributed by atoms with Crippen molar-refractivity contribution < 1.29 is 9.53 Å². The summed E-state index contributed by atoms with van der Waals surface area (Å²) in [7, 11) is 0. The predicted molar refractivity (Wildman–Crippen MR) is 102 cm³/mol. The SMILES string of the molecule is Cc1cc(Cl)ccc1NC(=S)NC(=O)CCCOc1ccccc1. The Morgan fingerprint density at radius 2 is 1.96 bits per heavy atom. The molecule has 0 atom stereocenters. The number of hydrogen-bond donors (Lipinski definition) is 2. The molecule has 4 nitrogen and oxygen atoms in total. The van der Waals surface area contributed by atoms with Gasteiger partial charge in [0.25, 0.3) is 0 Å². The highest BCUT2D eigenvalue weighted by Gasteiger charge is 2.06. The summed E-state index contributed by atoms with van der Waals surface area (Å²) >= 11 is 11.1. The number of amides is 1. The normalized spacial score (nSPS) is 10.1. The Hall–Kier alpha value is -2.11. The number of carbonyl (C=O) groups excluding carboxylic acids is 1. The first kappa shape index (κ1) is 18.2. The second kappa shape index (κ2) is 9.25. The summed E-state index contributed by atoms with van der Waals surface area (Å²) in [6.45, 7) is 2.40. The highest BCUT2D eigenvalue weighted by atomic mass is 35.5. The molecular weight excluding hydrogens is 344 g/mol. The van der Waals surface area contributed by atoms with Crippen molar-refractivity contribution in [2.45, 2.75) is 19.8 Å². The van der Waals surface area contributed by atoms with Crippen LogP contribution < -0.4 is 15.4 Å². The molecule has 126 valence electrons. The maximum atomic E-state index is 11.9. The number of para-hydroxylation sites is 1. The van der Waals surface area contributed by atoms with Gasteiger partial charge in [-0.05, 0) is 61.5 Å². The van der Waals surface area contributed by atoms with Gasteiger partial charge in [-0.2, -0.15) is 0 Å². The van der Waals surface area contributed by atoms with Crippen molar-refractivity contribution in [2.24, 2.45) is 0 Å². The highest BCUT2D eigenvalue weighted by molar-refractivity contribution is 7.80. The molecule has 0 aromatic heterocycles. The minimum Gasteiger partial charge on any atom is -0.494 e. The third-order valence-corrected chi connectivity index (χ3v) is 3.69. The molecule has 24 heavy (non-hydrogen) atoms. The Kier molecular flexibility index (Phi) is 7.03. The van der Waals surface area contributed by atoms with Crippen molar-refractivity contribution in [1.29, 1.82) is 0 Å². The number of benzene rings is 2. The van der Waals surface area contributed by atoms with Crippen LogP contribution in [-0.4, -0.2) is 17.6 Å². The zero-order valence-corrected chi connectivity index (χ0v) is 14.9. The van der Waals surface area contributed by atoms with E-state index in [4.69, 9.17) is 28.6 Å². The van der Waals surface area contributed by atoms with E-state index in [0.717, 1.165) is 17.0 Å². The van der Waals surface area contributed by atoms with Gasteiger partial charge in [0, 0.05) is 17.1 Å². The van der Waals surface area contributed by atoms with Gasteiger partial charge < -0.3 is 15.4 Å². The summed E-state index contributed by atoms with van der Waals surface area (Å²) in [4.78, 5) is 11.9. The van der Waals surface area contributed by atoms with Gasteiger partial charge in [0.15, 0.2) is 5.11 Å². The van der Waals surface area contributed by atoms with E-state index in [1.54, 1.807) is 6.07 Å². The highest BCUT2D eigenvalue weighted by Crippen LogP contribution is 2.19. The molecule has 2 aromatic carbocycles. The molecule has 6 heteroatoms. The Morgan fingerprint density at radius 1 is 1.21 bits per heavy atom. The molecule has 0 spiro atoms. The molecule has 2 aromatic rings. The van der Waals surface area contributed by atoms with E-state index < -0.39 is 0 Å². The zero-order chi connectivity index (χ0) is 17.4. The number of carbonyl (C=O) groups is 1. The maximum Gasteiger partial charge on any atom is 0.226 e. The molecule has 0 saturated heterocycles. The molecule has 0 aliphatic carbocycles. The van der Waals surface area contributed by atoms with Gasteiger partial charge in [-0.3, -0.25) is 4.79 Å². The molecule has 0 aliphatic rings. The van der Waals surface area contributed by atoms with E-state index >= 15 is 0 Å². The Morgan fingerprint density at radius 3 is 2.67 bits per heavy atom. The minimum atomic E-state index is -0.143. The third-order valence-electron chi connectivity index (χ3n) is 3.25. The van der Waals surface area contributed by atoms with Crippen LogP contribution in [0, 0.1) is 6.92 Å². The van der Waals surface area contributed by atoms with Crippen LogP contribution in [0.2, 0.25) is 5.02 Å². The van der Waals surface area contributed by atoms with Crippen LogP contribution in [0.25, 0.3) is 0 Å². The molecule has 2 rings (SSSR count). The second-order valence-corrected chi connectivity index (χ2v) is 6.07. The van der Waals surface area contributed by atoms with Crippen molar-refractivity contribution in [1.82, 2.24) is 5.32 Å². The summed E-state index contributed by atoms with van der Waals surface area (Å²) in [6.07, 6.45) is 0.956.